The molecule has 0 radical (unpaired) electrons. The Hall–Kier alpha value is -2.06. The number of carbonyl (C=O) groups excluding carboxylic acids is 1. The minimum Gasteiger partial charge on any atom is -0.397 e. The Morgan fingerprint density at radius 3 is 2.94 bits per heavy atom. The molecule has 0 fully saturated rings. The van der Waals surface area contributed by atoms with E-state index in [1.807, 2.05) is 0 Å². The molecule has 0 aliphatic heterocycles. The van der Waals surface area contributed by atoms with E-state index >= 15 is 0 Å². The molecule has 0 saturated carbocycles. The normalized spacial score (nSPS) is 12.1. The zero-order valence-electron chi connectivity index (χ0n) is 9.66. The third kappa shape index (κ3) is 2.03. The minimum absolute atomic E-state index is 0.162. The fourth-order valence-electron chi connectivity index (χ4n) is 1.60. The van der Waals surface area contributed by atoms with Gasteiger partial charge in [0.1, 0.15) is 10.7 Å². The Bertz CT molecular complexity index is 657. The van der Waals surface area contributed by atoms with E-state index in [9.17, 15) is 9.18 Å². The number of fused-ring (bicyclic) bond motifs is 1. The number of amides is 1. The first-order valence-electron chi connectivity index (χ1n) is 5.28. The molecule has 1 aromatic carbocycles. The van der Waals surface area contributed by atoms with Crippen molar-refractivity contribution >= 4 is 33.0 Å². The second-order valence-electron chi connectivity index (χ2n) is 3.82. The summed E-state index contributed by atoms with van der Waals surface area (Å²) in [7, 11) is 0. The number of anilines is 1. The van der Waals surface area contributed by atoms with Crippen molar-refractivity contribution < 1.29 is 9.18 Å². The largest absolute Gasteiger partial charge is 0.397 e. The highest BCUT2D eigenvalue weighted by molar-refractivity contribution is 7.21. The van der Waals surface area contributed by atoms with Crippen LogP contribution in [0.15, 0.2) is 18.2 Å². The van der Waals surface area contributed by atoms with Gasteiger partial charge in [0.15, 0.2) is 0 Å². The fourth-order valence-corrected chi connectivity index (χ4v) is 2.64. The van der Waals surface area contributed by atoms with Crippen LogP contribution in [0.2, 0.25) is 0 Å². The molecule has 0 spiro atoms. The summed E-state index contributed by atoms with van der Waals surface area (Å²) in [4.78, 5) is 12.2. The van der Waals surface area contributed by atoms with Gasteiger partial charge in [0.2, 0.25) is 0 Å². The van der Waals surface area contributed by atoms with E-state index in [2.05, 4.69) is 11.2 Å². The zero-order valence-corrected chi connectivity index (χ0v) is 10.5. The van der Waals surface area contributed by atoms with Gasteiger partial charge in [-0.05, 0) is 19.1 Å². The molecule has 0 aliphatic rings. The van der Waals surface area contributed by atoms with Crippen LogP contribution in [0.5, 0.6) is 0 Å². The van der Waals surface area contributed by atoms with E-state index in [-0.39, 0.29) is 16.5 Å². The molecule has 18 heavy (non-hydrogen) atoms. The lowest BCUT2D eigenvalue weighted by molar-refractivity contribution is 0.0953. The van der Waals surface area contributed by atoms with Gasteiger partial charge in [-0.25, -0.2) is 4.39 Å². The average molecular weight is 262 g/mol. The number of hydrogen-bond donors (Lipinski definition) is 2. The number of nitrogens with one attached hydrogen (secondary N) is 1. The Morgan fingerprint density at radius 1 is 1.61 bits per heavy atom. The van der Waals surface area contributed by atoms with E-state index in [1.165, 1.54) is 6.07 Å². The van der Waals surface area contributed by atoms with Gasteiger partial charge >= 0.3 is 0 Å². The lowest BCUT2D eigenvalue weighted by Crippen LogP contribution is -2.31. The van der Waals surface area contributed by atoms with Crippen LogP contribution in [-0.2, 0) is 0 Å². The van der Waals surface area contributed by atoms with Crippen LogP contribution in [0, 0.1) is 18.2 Å². The first kappa shape index (κ1) is 12.4. The average Bonchev–Trinajstić information content (AvgIpc) is 2.68. The number of terminal acetylenes is 1. The third-order valence-electron chi connectivity index (χ3n) is 2.51. The van der Waals surface area contributed by atoms with Crippen LogP contribution in [0.25, 0.3) is 10.1 Å². The number of carbonyl (C=O) groups is 1. The zero-order chi connectivity index (χ0) is 13.3. The van der Waals surface area contributed by atoms with Crippen LogP contribution in [0.1, 0.15) is 16.6 Å². The number of benzene rings is 1. The molecule has 1 heterocycles. The summed E-state index contributed by atoms with van der Waals surface area (Å²) < 4.78 is 14.3. The van der Waals surface area contributed by atoms with Crippen molar-refractivity contribution in [2.24, 2.45) is 0 Å². The summed E-state index contributed by atoms with van der Waals surface area (Å²) >= 11 is 1.15. The van der Waals surface area contributed by atoms with Crippen molar-refractivity contribution in [3.05, 3.63) is 28.9 Å². The molecule has 2 rings (SSSR count). The van der Waals surface area contributed by atoms with E-state index in [4.69, 9.17) is 12.2 Å². The SMILES string of the molecule is C#CC(C)NC(=O)c1sc2cccc(F)c2c1N. The lowest BCUT2D eigenvalue weighted by Gasteiger charge is -2.06. The fraction of sp³-hybridized carbons (Fsp3) is 0.154. The van der Waals surface area contributed by atoms with Crippen molar-refractivity contribution in [2.75, 3.05) is 5.73 Å². The molecular formula is C13H11FN2OS. The molecule has 1 aromatic heterocycles. The van der Waals surface area contributed by atoms with Crippen molar-refractivity contribution in [2.45, 2.75) is 13.0 Å². The smallest absolute Gasteiger partial charge is 0.264 e. The van der Waals surface area contributed by atoms with E-state index in [0.29, 0.717) is 10.1 Å². The Balaban J connectivity index is 2.47. The molecule has 2 aromatic rings. The predicted molar refractivity (Wildman–Crippen MR) is 72.0 cm³/mol. The number of nitrogen functional groups attached to an aromatic ring is 1. The Labute approximate surface area is 108 Å². The highest BCUT2D eigenvalue weighted by Crippen LogP contribution is 2.35. The van der Waals surface area contributed by atoms with Gasteiger partial charge in [0.25, 0.3) is 5.91 Å². The van der Waals surface area contributed by atoms with Gasteiger partial charge in [-0.3, -0.25) is 4.79 Å². The summed E-state index contributed by atoms with van der Waals surface area (Å²) in [6, 6.07) is 4.23. The number of rotatable bonds is 2. The van der Waals surface area contributed by atoms with Gasteiger partial charge in [0, 0.05) is 4.70 Å². The van der Waals surface area contributed by atoms with Gasteiger partial charge in [-0.15, -0.1) is 17.8 Å². The quantitative estimate of drug-likeness (QED) is 0.816. The Kier molecular flexibility index (Phi) is 3.21. The first-order chi connectivity index (χ1) is 8.54. The minimum atomic E-state index is -0.426. The second-order valence-corrected chi connectivity index (χ2v) is 4.87. The van der Waals surface area contributed by atoms with Crippen LogP contribution in [0.4, 0.5) is 10.1 Å². The molecular weight excluding hydrogens is 251 g/mol. The van der Waals surface area contributed by atoms with Crippen LogP contribution >= 0.6 is 11.3 Å². The summed E-state index contributed by atoms with van der Waals surface area (Å²) in [6.45, 7) is 1.68. The van der Waals surface area contributed by atoms with Crippen LogP contribution in [0.3, 0.4) is 0 Å². The highest BCUT2D eigenvalue weighted by Gasteiger charge is 2.19. The molecule has 1 amide bonds. The predicted octanol–water partition coefficient (Wildman–Crippen LogP) is 2.37. The summed E-state index contributed by atoms with van der Waals surface area (Å²) in [6.07, 6.45) is 5.18. The summed E-state index contributed by atoms with van der Waals surface area (Å²) in [5.74, 6) is 1.59. The van der Waals surface area contributed by atoms with Crippen LogP contribution in [-0.4, -0.2) is 11.9 Å². The summed E-state index contributed by atoms with van der Waals surface area (Å²) in [5.41, 5.74) is 5.98. The molecule has 5 heteroatoms. The molecule has 92 valence electrons. The molecule has 1 atom stereocenters. The van der Waals surface area contributed by atoms with E-state index in [1.54, 1.807) is 19.1 Å². The van der Waals surface area contributed by atoms with E-state index in [0.717, 1.165) is 11.3 Å². The number of thiophene rings is 1. The number of hydrogen-bond acceptors (Lipinski definition) is 3. The first-order valence-corrected chi connectivity index (χ1v) is 6.09. The standard InChI is InChI=1S/C13H11FN2OS/c1-3-7(2)16-13(17)12-11(15)10-8(14)5-4-6-9(10)18-12/h1,4-7H,15H2,2H3,(H,16,17). The molecule has 3 nitrogen and oxygen atoms in total. The highest BCUT2D eigenvalue weighted by atomic mass is 32.1. The van der Waals surface area contributed by atoms with Gasteiger partial charge in [-0.2, -0.15) is 0 Å². The Morgan fingerprint density at radius 2 is 2.33 bits per heavy atom. The number of nitrogens with two attached hydrogens (primary N) is 1. The molecule has 1 unspecified atom stereocenters. The third-order valence-corrected chi connectivity index (χ3v) is 3.67. The van der Waals surface area contributed by atoms with E-state index < -0.39 is 11.9 Å². The number of halogens is 1. The molecule has 3 N–H and O–H groups in total. The van der Waals surface area contributed by atoms with Crippen molar-refractivity contribution in [3.63, 3.8) is 0 Å². The van der Waals surface area contributed by atoms with Crippen molar-refractivity contribution in [3.8, 4) is 12.3 Å². The molecule has 0 aliphatic carbocycles. The lowest BCUT2D eigenvalue weighted by atomic mass is 10.2. The maximum Gasteiger partial charge on any atom is 0.264 e. The summed E-state index contributed by atoms with van der Waals surface area (Å²) in [5, 5.41) is 2.89. The molecule has 0 bridgehead atoms. The van der Waals surface area contributed by atoms with Gasteiger partial charge in [-0.1, -0.05) is 12.0 Å². The van der Waals surface area contributed by atoms with Crippen LogP contribution < -0.4 is 11.1 Å². The van der Waals surface area contributed by atoms with Crippen molar-refractivity contribution in [1.29, 1.82) is 0 Å². The monoisotopic (exact) mass is 262 g/mol. The topological polar surface area (TPSA) is 55.1 Å². The van der Waals surface area contributed by atoms with Gasteiger partial charge in [0.05, 0.1) is 17.1 Å². The maximum atomic E-state index is 13.6. The second kappa shape index (κ2) is 4.67. The maximum absolute atomic E-state index is 13.6. The van der Waals surface area contributed by atoms with Crippen molar-refractivity contribution in [1.82, 2.24) is 5.32 Å². The van der Waals surface area contributed by atoms with Gasteiger partial charge < -0.3 is 11.1 Å². The molecule has 0 saturated heterocycles.